The van der Waals surface area contributed by atoms with Crippen LogP contribution in [0.15, 0.2) is 18.5 Å². The first-order valence-corrected chi connectivity index (χ1v) is 8.11. The second kappa shape index (κ2) is 6.48. The summed E-state index contributed by atoms with van der Waals surface area (Å²) in [4.78, 5) is 22.4. The van der Waals surface area contributed by atoms with Gasteiger partial charge in [-0.1, -0.05) is 0 Å². The van der Waals surface area contributed by atoms with E-state index in [1.807, 2.05) is 27.0 Å². The van der Waals surface area contributed by atoms with Crippen molar-refractivity contribution in [3.05, 3.63) is 35.7 Å². The van der Waals surface area contributed by atoms with Crippen LogP contribution in [0.5, 0.6) is 0 Å². The van der Waals surface area contributed by atoms with Gasteiger partial charge in [-0.3, -0.25) is 4.98 Å². The molecule has 0 N–H and O–H groups in total. The Morgan fingerprint density at radius 1 is 1.00 bits per heavy atom. The summed E-state index contributed by atoms with van der Waals surface area (Å²) in [6.07, 6.45) is 5.82. The molecule has 3 heterocycles. The Hall–Kier alpha value is -2.24. The van der Waals surface area contributed by atoms with Gasteiger partial charge in [-0.2, -0.15) is 0 Å². The van der Waals surface area contributed by atoms with Crippen molar-refractivity contribution in [2.45, 2.75) is 39.7 Å². The van der Waals surface area contributed by atoms with Crippen molar-refractivity contribution in [2.75, 3.05) is 29.9 Å². The fourth-order valence-electron chi connectivity index (χ4n) is 3.15. The minimum atomic E-state index is 0.492. The average Bonchev–Trinajstić information content (AvgIpc) is 2.53. The summed E-state index contributed by atoms with van der Waals surface area (Å²) in [5, 5.41) is 0. The average molecular weight is 312 g/mol. The zero-order valence-electron chi connectivity index (χ0n) is 14.3. The highest BCUT2D eigenvalue weighted by molar-refractivity contribution is 5.42. The van der Waals surface area contributed by atoms with Crippen molar-refractivity contribution in [1.29, 1.82) is 0 Å². The molecular formula is C17H24N6. The number of anilines is 2. The summed E-state index contributed by atoms with van der Waals surface area (Å²) in [7, 11) is 2.11. The third-order valence-corrected chi connectivity index (χ3v) is 4.39. The largest absolute Gasteiger partial charge is 0.356 e. The summed E-state index contributed by atoms with van der Waals surface area (Å²) in [6.45, 7) is 7.96. The quantitative estimate of drug-likeness (QED) is 0.867. The molecule has 23 heavy (non-hydrogen) atoms. The molecule has 1 saturated heterocycles. The molecule has 0 bridgehead atoms. The summed E-state index contributed by atoms with van der Waals surface area (Å²) in [5.41, 5.74) is 1.99. The molecule has 3 rings (SSSR count). The van der Waals surface area contributed by atoms with Gasteiger partial charge >= 0.3 is 0 Å². The van der Waals surface area contributed by atoms with Gasteiger partial charge in [0.2, 0.25) is 0 Å². The van der Waals surface area contributed by atoms with E-state index in [1.54, 1.807) is 6.20 Å². The van der Waals surface area contributed by atoms with Crippen molar-refractivity contribution in [1.82, 2.24) is 19.9 Å². The first-order valence-electron chi connectivity index (χ1n) is 8.11. The van der Waals surface area contributed by atoms with E-state index >= 15 is 0 Å². The normalized spacial score (nSPS) is 15.7. The monoisotopic (exact) mass is 312 g/mol. The highest BCUT2D eigenvalue weighted by Crippen LogP contribution is 2.23. The van der Waals surface area contributed by atoms with Crippen molar-refractivity contribution < 1.29 is 0 Å². The molecule has 2 aromatic heterocycles. The van der Waals surface area contributed by atoms with Crippen molar-refractivity contribution in [3.63, 3.8) is 0 Å². The van der Waals surface area contributed by atoms with Gasteiger partial charge in [0.1, 0.15) is 17.5 Å². The Kier molecular flexibility index (Phi) is 4.41. The van der Waals surface area contributed by atoms with E-state index in [-0.39, 0.29) is 0 Å². The summed E-state index contributed by atoms with van der Waals surface area (Å²) >= 11 is 0. The van der Waals surface area contributed by atoms with Crippen LogP contribution in [-0.4, -0.2) is 46.1 Å². The molecule has 0 atom stereocenters. The standard InChI is InChI=1S/C17H24N6/c1-12-9-16(21-14(3)19-12)23-7-5-15(6-8-23)22(4)17-11-18-10-13(2)20-17/h9-11,15H,5-8H2,1-4H3. The topological polar surface area (TPSA) is 58.0 Å². The van der Waals surface area contributed by atoms with Gasteiger partial charge in [0, 0.05) is 44.1 Å². The van der Waals surface area contributed by atoms with Crippen molar-refractivity contribution in [3.8, 4) is 0 Å². The molecule has 0 spiro atoms. The van der Waals surface area contributed by atoms with Crippen LogP contribution in [0.3, 0.4) is 0 Å². The van der Waals surface area contributed by atoms with Crippen LogP contribution in [-0.2, 0) is 0 Å². The first-order chi connectivity index (χ1) is 11.0. The Bertz CT molecular complexity index is 658. The number of aryl methyl sites for hydroxylation is 3. The minimum absolute atomic E-state index is 0.492. The van der Waals surface area contributed by atoms with Crippen LogP contribution in [0.1, 0.15) is 30.1 Å². The molecule has 0 aromatic carbocycles. The fraction of sp³-hybridized carbons (Fsp3) is 0.529. The van der Waals surface area contributed by atoms with Crippen LogP contribution in [0, 0.1) is 20.8 Å². The van der Waals surface area contributed by atoms with Gasteiger partial charge < -0.3 is 9.80 Å². The van der Waals surface area contributed by atoms with Crippen LogP contribution in [0.2, 0.25) is 0 Å². The molecule has 1 aliphatic heterocycles. The highest BCUT2D eigenvalue weighted by atomic mass is 15.2. The predicted molar refractivity (Wildman–Crippen MR) is 91.9 cm³/mol. The Balaban J connectivity index is 1.66. The van der Waals surface area contributed by atoms with Crippen LogP contribution < -0.4 is 9.80 Å². The Labute approximate surface area is 137 Å². The number of aromatic nitrogens is 4. The van der Waals surface area contributed by atoms with Gasteiger partial charge in [-0.05, 0) is 33.6 Å². The number of hydrogen-bond donors (Lipinski definition) is 0. The Morgan fingerprint density at radius 3 is 2.39 bits per heavy atom. The zero-order valence-corrected chi connectivity index (χ0v) is 14.3. The smallest absolute Gasteiger partial charge is 0.147 e. The van der Waals surface area contributed by atoms with E-state index in [0.29, 0.717) is 6.04 Å². The zero-order chi connectivity index (χ0) is 16.4. The first kappa shape index (κ1) is 15.6. The van der Waals surface area contributed by atoms with Crippen LogP contribution >= 0.6 is 0 Å². The molecule has 0 unspecified atom stereocenters. The van der Waals surface area contributed by atoms with E-state index in [2.05, 4.69) is 42.8 Å². The predicted octanol–water partition coefficient (Wildman–Crippen LogP) is 2.30. The van der Waals surface area contributed by atoms with E-state index < -0.39 is 0 Å². The van der Waals surface area contributed by atoms with Crippen LogP contribution in [0.25, 0.3) is 0 Å². The van der Waals surface area contributed by atoms with Gasteiger partial charge in [0.15, 0.2) is 0 Å². The second-order valence-electron chi connectivity index (χ2n) is 6.26. The molecule has 2 aromatic rings. The van der Waals surface area contributed by atoms with E-state index in [9.17, 15) is 0 Å². The SMILES string of the molecule is Cc1cncc(N(C)C2CCN(c3cc(C)nc(C)n3)CC2)n1. The number of nitrogens with zero attached hydrogens (tertiary/aromatic N) is 6. The highest BCUT2D eigenvalue weighted by Gasteiger charge is 2.24. The third-order valence-electron chi connectivity index (χ3n) is 4.39. The van der Waals surface area contributed by atoms with Crippen molar-refractivity contribution >= 4 is 11.6 Å². The molecule has 122 valence electrons. The molecule has 1 fully saturated rings. The van der Waals surface area contributed by atoms with Gasteiger partial charge in [-0.15, -0.1) is 0 Å². The second-order valence-corrected chi connectivity index (χ2v) is 6.26. The summed E-state index contributed by atoms with van der Waals surface area (Å²) in [5.74, 6) is 2.85. The molecule has 0 amide bonds. The van der Waals surface area contributed by atoms with Gasteiger partial charge in [-0.25, -0.2) is 15.0 Å². The maximum Gasteiger partial charge on any atom is 0.147 e. The number of rotatable bonds is 3. The lowest BCUT2D eigenvalue weighted by Gasteiger charge is -2.37. The van der Waals surface area contributed by atoms with Gasteiger partial charge in [0.25, 0.3) is 0 Å². The maximum atomic E-state index is 4.58. The lowest BCUT2D eigenvalue weighted by Crippen LogP contribution is -2.44. The van der Waals surface area contributed by atoms with E-state index in [0.717, 1.165) is 54.8 Å². The molecule has 6 heteroatoms. The Morgan fingerprint density at radius 2 is 1.74 bits per heavy atom. The number of hydrogen-bond acceptors (Lipinski definition) is 6. The molecule has 1 aliphatic rings. The van der Waals surface area contributed by atoms with Crippen molar-refractivity contribution in [2.24, 2.45) is 0 Å². The molecular weight excluding hydrogens is 288 g/mol. The minimum Gasteiger partial charge on any atom is -0.356 e. The third kappa shape index (κ3) is 3.57. The number of piperidine rings is 1. The van der Waals surface area contributed by atoms with E-state index in [1.165, 1.54) is 0 Å². The molecule has 0 saturated carbocycles. The van der Waals surface area contributed by atoms with Crippen LogP contribution in [0.4, 0.5) is 11.6 Å². The van der Waals surface area contributed by atoms with E-state index in [4.69, 9.17) is 0 Å². The molecule has 0 aliphatic carbocycles. The lowest BCUT2D eigenvalue weighted by atomic mass is 10.0. The maximum absolute atomic E-state index is 4.58. The fourth-order valence-corrected chi connectivity index (χ4v) is 3.15. The summed E-state index contributed by atoms with van der Waals surface area (Å²) < 4.78 is 0. The lowest BCUT2D eigenvalue weighted by molar-refractivity contribution is 0.477. The molecule has 6 nitrogen and oxygen atoms in total. The molecule has 0 radical (unpaired) electrons. The van der Waals surface area contributed by atoms with Gasteiger partial charge in [0.05, 0.1) is 11.9 Å². The summed E-state index contributed by atoms with van der Waals surface area (Å²) in [6, 6.07) is 2.56.